The van der Waals surface area contributed by atoms with E-state index in [2.05, 4.69) is 10.3 Å². The summed E-state index contributed by atoms with van der Waals surface area (Å²) in [6, 6.07) is 10.6. The summed E-state index contributed by atoms with van der Waals surface area (Å²) in [5.41, 5.74) is 2.94. The minimum Gasteiger partial charge on any atom is -0.481 e. The zero-order valence-electron chi connectivity index (χ0n) is 11.7. The van der Waals surface area contributed by atoms with E-state index < -0.39 is 5.97 Å². The van der Waals surface area contributed by atoms with Crippen LogP contribution in [-0.4, -0.2) is 22.0 Å². The second-order valence-electron chi connectivity index (χ2n) is 4.73. The molecule has 1 heterocycles. The summed E-state index contributed by atoms with van der Waals surface area (Å²) >= 11 is 0. The Morgan fingerprint density at radius 3 is 2.43 bits per heavy atom. The molecule has 5 nitrogen and oxygen atoms in total. The number of aromatic nitrogens is 1. The van der Waals surface area contributed by atoms with Crippen LogP contribution >= 0.6 is 0 Å². The third kappa shape index (κ3) is 4.42. The number of benzene rings is 1. The fraction of sp³-hybridized carbons (Fsp3) is 0.188. The SMILES string of the molecule is Cc1ccc(C(=O)Nc2ccc(CCC(=O)O)cc2)cn1. The van der Waals surface area contributed by atoms with Crippen molar-refractivity contribution in [1.82, 2.24) is 4.98 Å². The van der Waals surface area contributed by atoms with Gasteiger partial charge in [0.1, 0.15) is 0 Å². The first-order chi connectivity index (χ1) is 10.0. The molecule has 0 aliphatic carbocycles. The number of carbonyl (C=O) groups excluding carboxylic acids is 1. The molecule has 0 aliphatic rings. The van der Waals surface area contributed by atoms with Gasteiger partial charge < -0.3 is 10.4 Å². The van der Waals surface area contributed by atoms with Crippen LogP contribution in [0.1, 0.15) is 28.0 Å². The maximum absolute atomic E-state index is 12.0. The summed E-state index contributed by atoms with van der Waals surface area (Å²) in [5, 5.41) is 11.4. The Bertz CT molecular complexity index is 634. The first kappa shape index (κ1) is 14.7. The Kier molecular flexibility index (Phi) is 4.66. The second-order valence-corrected chi connectivity index (χ2v) is 4.73. The third-order valence-corrected chi connectivity index (χ3v) is 3.01. The van der Waals surface area contributed by atoms with Crippen LogP contribution in [0.2, 0.25) is 0 Å². The maximum Gasteiger partial charge on any atom is 0.303 e. The van der Waals surface area contributed by atoms with Gasteiger partial charge in [0, 0.05) is 24.0 Å². The summed E-state index contributed by atoms with van der Waals surface area (Å²) in [6.45, 7) is 1.86. The van der Waals surface area contributed by atoms with Gasteiger partial charge in [-0.25, -0.2) is 0 Å². The molecule has 108 valence electrons. The van der Waals surface area contributed by atoms with Gasteiger partial charge in [0.15, 0.2) is 0 Å². The molecule has 0 unspecified atom stereocenters. The van der Waals surface area contributed by atoms with Crippen LogP contribution in [-0.2, 0) is 11.2 Å². The van der Waals surface area contributed by atoms with Gasteiger partial charge >= 0.3 is 5.97 Å². The summed E-state index contributed by atoms with van der Waals surface area (Å²) in [6.07, 6.45) is 2.11. The van der Waals surface area contributed by atoms with E-state index >= 15 is 0 Å². The van der Waals surface area contributed by atoms with Crippen molar-refractivity contribution in [3.8, 4) is 0 Å². The fourth-order valence-electron chi connectivity index (χ4n) is 1.81. The highest BCUT2D eigenvalue weighted by Gasteiger charge is 2.06. The van der Waals surface area contributed by atoms with Crippen molar-refractivity contribution in [2.75, 3.05) is 5.32 Å². The van der Waals surface area contributed by atoms with Crippen molar-refractivity contribution in [3.05, 3.63) is 59.4 Å². The Balaban J connectivity index is 1.98. The van der Waals surface area contributed by atoms with E-state index in [0.29, 0.717) is 17.7 Å². The quantitative estimate of drug-likeness (QED) is 0.884. The zero-order valence-corrected chi connectivity index (χ0v) is 11.7. The van der Waals surface area contributed by atoms with Crippen LogP contribution in [0.5, 0.6) is 0 Å². The Hall–Kier alpha value is -2.69. The number of hydrogen-bond donors (Lipinski definition) is 2. The van der Waals surface area contributed by atoms with E-state index in [1.165, 1.54) is 6.20 Å². The topological polar surface area (TPSA) is 79.3 Å². The predicted octanol–water partition coefficient (Wildman–Crippen LogP) is 2.66. The first-order valence-corrected chi connectivity index (χ1v) is 6.59. The van der Waals surface area contributed by atoms with Gasteiger partial charge in [-0.15, -0.1) is 0 Å². The molecule has 5 heteroatoms. The molecule has 1 aromatic carbocycles. The van der Waals surface area contributed by atoms with Gasteiger partial charge in [-0.3, -0.25) is 14.6 Å². The largest absolute Gasteiger partial charge is 0.481 e. The van der Waals surface area contributed by atoms with Crippen molar-refractivity contribution in [2.45, 2.75) is 19.8 Å². The zero-order chi connectivity index (χ0) is 15.2. The van der Waals surface area contributed by atoms with E-state index in [4.69, 9.17) is 5.11 Å². The van der Waals surface area contributed by atoms with Crippen molar-refractivity contribution in [3.63, 3.8) is 0 Å². The Morgan fingerprint density at radius 1 is 1.14 bits per heavy atom. The molecule has 2 N–H and O–H groups in total. The lowest BCUT2D eigenvalue weighted by Crippen LogP contribution is -2.12. The monoisotopic (exact) mass is 284 g/mol. The van der Waals surface area contributed by atoms with Gasteiger partial charge in [-0.1, -0.05) is 12.1 Å². The lowest BCUT2D eigenvalue weighted by molar-refractivity contribution is -0.136. The molecular formula is C16H16N2O3. The summed E-state index contributed by atoms with van der Waals surface area (Å²) in [4.78, 5) is 26.6. The van der Waals surface area contributed by atoms with Gasteiger partial charge in [0.2, 0.25) is 0 Å². The average molecular weight is 284 g/mol. The highest BCUT2D eigenvalue weighted by Crippen LogP contribution is 2.12. The van der Waals surface area contributed by atoms with Crippen LogP contribution in [0.4, 0.5) is 5.69 Å². The standard InChI is InChI=1S/C16H16N2O3/c1-11-2-6-13(10-17-11)16(21)18-14-7-3-12(4-8-14)5-9-15(19)20/h2-4,6-8,10H,5,9H2,1H3,(H,18,21)(H,19,20). The smallest absolute Gasteiger partial charge is 0.303 e. The number of rotatable bonds is 5. The number of carboxylic acid groups (broad SMARTS) is 1. The number of carboxylic acids is 1. The molecule has 0 aliphatic heterocycles. The molecule has 0 fully saturated rings. The summed E-state index contributed by atoms with van der Waals surface area (Å²) in [7, 11) is 0. The Morgan fingerprint density at radius 2 is 1.86 bits per heavy atom. The van der Waals surface area contributed by atoms with Gasteiger partial charge in [-0.05, 0) is 43.2 Å². The number of carbonyl (C=O) groups is 2. The molecule has 1 aromatic heterocycles. The van der Waals surface area contributed by atoms with E-state index in [-0.39, 0.29) is 12.3 Å². The first-order valence-electron chi connectivity index (χ1n) is 6.59. The van der Waals surface area contributed by atoms with E-state index in [1.54, 1.807) is 24.3 Å². The van der Waals surface area contributed by atoms with Crippen LogP contribution < -0.4 is 5.32 Å². The number of amides is 1. The van der Waals surface area contributed by atoms with Crippen molar-refractivity contribution in [2.24, 2.45) is 0 Å². The highest BCUT2D eigenvalue weighted by atomic mass is 16.4. The average Bonchev–Trinajstić information content (AvgIpc) is 2.47. The van der Waals surface area contributed by atoms with E-state index in [9.17, 15) is 9.59 Å². The molecular weight excluding hydrogens is 268 g/mol. The minimum absolute atomic E-state index is 0.0980. The molecule has 0 saturated carbocycles. The molecule has 0 bridgehead atoms. The number of anilines is 1. The van der Waals surface area contributed by atoms with Gasteiger partial charge in [0.05, 0.1) is 5.56 Å². The second kappa shape index (κ2) is 6.65. The van der Waals surface area contributed by atoms with Crippen LogP contribution in [0.25, 0.3) is 0 Å². The van der Waals surface area contributed by atoms with E-state index in [1.807, 2.05) is 19.1 Å². The number of pyridine rings is 1. The van der Waals surface area contributed by atoms with Crippen molar-refractivity contribution >= 4 is 17.6 Å². The minimum atomic E-state index is -0.820. The van der Waals surface area contributed by atoms with Gasteiger partial charge in [-0.2, -0.15) is 0 Å². The van der Waals surface area contributed by atoms with Gasteiger partial charge in [0.25, 0.3) is 5.91 Å². The maximum atomic E-state index is 12.0. The molecule has 21 heavy (non-hydrogen) atoms. The summed E-state index contributed by atoms with van der Waals surface area (Å²) in [5.74, 6) is -1.04. The molecule has 1 amide bonds. The molecule has 2 aromatic rings. The third-order valence-electron chi connectivity index (χ3n) is 3.01. The van der Waals surface area contributed by atoms with Crippen LogP contribution in [0, 0.1) is 6.92 Å². The Labute approximate surface area is 122 Å². The van der Waals surface area contributed by atoms with Crippen LogP contribution in [0.3, 0.4) is 0 Å². The number of aliphatic carboxylic acids is 1. The van der Waals surface area contributed by atoms with E-state index in [0.717, 1.165) is 11.3 Å². The molecule has 0 radical (unpaired) electrons. The predicted molar refractivity (Wildman–Crippen MR) is 79.3 cm³/mol. The lowest BCUT2D eigenvalue weighted by atomic mass is 10.1. The normalized spacial score (nSPS) is 10.1. The number of nitrogens with zero attached hydrogens (tertiary/aromatic N) is 1. The number of aryl methyl sites for hydroxylation is 2. The fourth-order valence-corrected chi connectivity index (χ4v) is 1.81. The molecule has 2 rings (SSSR count). The highest BCUT2D eigenvalue weighted by molar-refractivity contribution is 6.04. The number of nitrogens with one attached hydrogen (secondary N) is 1. The summed E-state index contributed by atoms with van der Waals surface area (Å²) < 4.78 is 0. The van der Waals surface area contributed by atoms with Crippen molar-refractivity contribution in [1.29, 1.82) is 0 Å². The molecule has 0 atom stereocenters. The lowest BCUT2D eigenvalue weighted by Gasteiger charge is -2.06. The molecule has 0 spiro atoms. The number of hydrogen-bond acceptors (Lipinski definition) is 3. The van der Waals surface area contributed by atoms with Crippen LogP contribution in [0.15, 0.2) is 42.6 Å². The van der Waals surface area contributed by atoms with Crippen molar-refractivity contribution < 1.29 is 14.7 Å². The molecule has 0 saturated heterocycles.